The Morgan fingerprint density at radius 3 is 2.24 bits per heavy atom. The smallest absolute Gasteiger partial charge is 0.194 e. The summed E-state index contributed by atoms with van der Waals surface area (Å²) < 4.78 is 45.4. The molecule has 2 N–H and O–H groups in total. The fourth-order valence-electron chi connectivity index (χ4n) is 2.32. The van der Waals surface area contributed by atoms with Gasteiger partial charge in [-0.05, 0) is 42.7 Å². The standard InChI is InChI=1S/C16H16F3NO/c1-8-7-13(21-3)9(2)6-11(8)16(20)10-4-5-12(17)15(19)14(10)18/h4-7,16H,20H2,1-3H3. The van der Waals surface area contributed by atoms with Crippen LogP contribution in [0.4, 0.5) is 13.2 Å². The predicted octanol–water partition coefficient (Wildman–Crippen LogP) is 3.78. The van der Waals surface area contributed by atoms with E-state index in [-0.39, 0.29) is 5.56 Å². The van der Waals surface area contributed by atoms with E-state index in [1.807, 2.05) is 6.92 Å². The average molecular weight is 295 g/mol. The third kappa shape index (κ3) is 2.74. The highest BCUT2D eigenvalue weighted by atomic mass is 19.2. The fraction of sp³-hybridized carbons (Fsp3) is 0.250. The molecule has 0 aliphatic rings. The van der Waals surface area contributed by atoms with Gasteiger partial charge in [0.25, 0.3) is 0 Å². The van der Waals surface area contributed by atoms with Crippen LogP contribution in [0.3, 0.4) is 0 Å². The Kier molecular flexibility index (Phi) is 4.23. The van der Waals surface area contributed by atoms with Gasteiger partial charge in [-0.2, -0.15) is 0 Å². The summed E-state index contributed by atoms with van der Waals surface area (Å²) in [5.41, 5.74) is 8.20. The molecule has 2 nitrogen and oxygen atoms in total. The van der Waals surface area contributed by atoms with Crippen molar-refractivity contribution in [1.82, 2.24) is 0 Å². The van der Waals surface area contributed by atoms with Crippen molar-refractivity contribution in [3.05, 3.63) is 64.0 Å². The molecule has 112 valence electrons. The second-order valence-corrected chi connectivity index (χ2v) is 4.92. The monoisotopic (exact) mass is 295 g/mol. The van der Waals surface area contributed by atoms with E-state index in [1.54, 1.807) is 26.2 Å². The summed E-state index contributed by atoms with van der Waals surface area (Å²) in [4.78, 5) is 0. The zero-order valence-electron chi connectivity index (χ0n) is 12.0. The van der Waals surface area contributed by atoms with E-state index in [1.165, 1.54) is 0 Å². The number of benzene rings is 2. The molecule has 2 aromatic carbocycles. The maximum absolute atomic E-state index is 13.9. The van der Waals surface area contributed by atoms with Crippen molar-refractivity contribution in [2.75, 3.05) is 7.11 Å². The van der Waals surface area contributed by atoms with Crippen LogP contribution in [-0.4, -0.2) is 7.11 Å². The third-order valence-corrected chi connectivity index (χ3v) is 3.52. The fourth-order valence-corrected chi connectivity index (χ4v) is 2.32. The van der Waals surface area contributed by atoms with Crippen molar-refractivity contribution in [1.29, 1.82) is 0 Å². The van der Waals surface area contributed by atoms with E-state index < -0.39 is 23.5 Å². The number of halogens is 3. The van der Waals surface area contributed by atoms with Crippen LogP contribution < -0.4 is 10.5 Å². The number of hydrogen-bond donors (Lipinski definition) is 1. The summed E-state index contributed by atoms with van der Waals surface area (Å²) in [5.74, 6) is -3.30. The van der Waals surface area contributed by atoms with Crippen LogP contribution >= 0.6 is 0 Å². The maximum Gasteiger partial charge on any atom is 0.194 e. The molecule has 0 radical (unpaired) electrons. The summed E-state index contributed by atoms with van der Waals surface area (Å²) in [6.45, 7) is 3.63. The molecule has 2 rings (SSSR count). The molecule has 2 aromatic rings. The molecule has 0 amide bonds. The normalized spacial score (nSPS) is 12.3. The molecular formula is C16H16F3NO. The van der Waals surface area contributed by atoms with Crippen LogP contribution in [0.1, 0.15) is 28.3 Å². The Labute approximate surface area is 121 Å². The molecule has 0 bridgehead atoms. The number of nitrogens with two attached hydrogens (primary N) is 1. The molecule has 0 saturated heterocycles. The molecule has 0 aliphatic heterocycles. The van der Waals surface area contributed by atoms with E-state index in [9.17, 15) is 13.2 Å². The van der Waals surface area contributed by atoms with Gasteiger partial charge in [0, 0.05) is 5.56 Å². The third-order valence-electron chi connectivity index (χ3n) is 3.52. The van der Waals surface area contributed by atoms with Gasteiger partial charge in [-0.3, -0.25) is 0 Å². The lowest BCUT2D eigenvalue weighted by Crippen LogP contribution is -2.16. The van der Waals surface area contributed by atoms with Crippen LogP contribution in [0.2, 0.25) is 0 Å². The van der Waals surface area contributed by atoms with Crippen LogP contribution in [0.15, 0.2) is 24.3 Å². The lowest BCUT2D eigenvalue weighted by atomic mass is 9.93. The van der Waals surface area contributed by atoms with Gasteiger partial charge in [0.15, 0.2) is 17.5 Å². The SMILES string of the molecule is COc1cc(C)c(C(N)c2ccc(F)c(F)c2F)cc1C. The lowest BCUT2D eigenvalue weighted by molar-refractivity contribution is 0.411. The Bertz CT molecular complexity index is 686. The highest BCUT2D eigenvalue weighted by Gasteiger charge is 2.21. The second kappa shape index (κ2) is 5.77. The zero-order valence-corrected chi connectivity index (χ0v) is 12.0. The van der Waals surface area contributed by atoms with Gasteiger partial charge in [0.1, 0.15) is 5.75 Å². The zero-order chi connectivity index (χ0) is 15.7. The Balaban J connectivity index is 2.53. The van der Waals surface area contributed by atoms with Gasteiger partial charge in [-0.1, -0.05) is 12.1 Å². The molecule has 0 spiro atoms. The summed E-state index contributed by atoms with van der Waals surface area (Å²) >= 11 is 0. The average Bonchev–Trinajstić information content (AvgIpc) is 2.46. The second-order valence-electron chi connectivity index (χ2n) is 4.92. The van der Waals surface area contributed by atoms with Crippen LogP contribution in [0, 0.1) is 31.3 Å². The molecule has 0 fully saturated rings. The largest absolute Gasteiger partial charge is 0.496 e. The Morgan fingerprint density at radius 2 is 1.62 bits per heavy atom. The maximum atomic E-state index is 13.9. The van der Waals surface area contributed by atoms with Crippen LogP contribution in [0.5, 0.6) is 5.75 Å². The first kappa shape index (κ1) is 15.4. The highest BCUT2D eigenvalue weighted by molar-refractivity contribution is 5.45. The van der Waals surface area contributed by atoms with Gasteiger partial charge < -0.3 is 10.5 Å². The molecule has 0 saturated carbocycles. The van der Waals surface area contributed by atoms with E-state index in [2.05, 4.69) is 0 Å². The quantitative estimate of drug-likeness (QED) is 0.875. The number of ether oxygens (including phenoxy) is 1. The van der Waals surface area contributed by atoms with Gasteiger partial charge in [-0.25, -0.2) is 13.2 Å². The van der Waals surface area contributed by atoms with Gasteiger partial charge in [0.05, 0.1) is 13.2 Å². The van der Waals surface area contributed by atoms with Crippen molar-refractivity contribution in [2.45, 2.75) is 19.9 Å². The Morgan fingerprint density at radius 1 is 0.952 bits per heavy atom. The predicted molar refractivity (Wildman–Crippen MR) is 74.8 cm³/mol. The summed E-state index contributed by atoms with van der Waals surface area (Å²) in [5, 5.41) is 0. The summed E-state index contributed by atoms with van der Waals surface area (Å²) in [7, 11) is 1.55. The van der Waals surface area contributed by atoms with E-state index in [0.717, 1.165) is 23.3 Å². The summed E-state index contributed by atoms with van der Waals surface area (Å²) in [6.07, 6.45) is 0. The van der Waals surface area contributed by atoms with Crippen molar-refractivity contribution >= 4 is 0 Å². The number of rotatable bonds is 3. The lowest BCUT2D eigenvalue weighted by Gasteiger charge is -2.18. The van der Waals surface area contributed by atoms with Crippen LogP contribution in [0.25, 0.3) is 0 Å². The first-order valence-corrected chi connectivity index (χ1v) is 6.41. The van der Waals surface area contributed by atoms with E-state index in [4.69, 9.17) is 10.5 Å². The van der Waals surface area contributed by atoms with Gasteiger partial charge >= 0.3 is 0 Å². The minimum absolute atomic E-state index is 0.0819. The molecular weight excluding hydrogens is 279 g/mol. The topological polar surface area (TPSA) is 35.2 Å². The molecule has 1 atom stereocenters. The molecule has 5 heteroatoms. The van der Waals surface area contributed by atoms with Crippen molar-refractivity contribution in [2.24, 2.45) is 5.73 Å². The summed E-state index contributed by atoms with van der Waals surface area (Å²) in [6, 6.07) is 4.70. The highest BCUT2D eigenvalue weighted by Crippen LogP contribution is 2.30. The molecule has 1 unspecified atom stereocenters. The van der Waals surface area contributed by atoms with Gasteiger partial charge in [0.2, 0.25) is 0 Å². The van der Waals surface area contributed by atoms with Crippen molar-refractivity contribution < 1.29 is 17.9 Å². The Hall–Kier alpha value is -2.01. The van der Waals surface area contributed by atoms with Crippen LogP contribution in [-0.2, 0) is 0 Å². The van der Waals surface area contributed by atoms with Crippen molar-refractivity contribution in [3.8, 4) is 5.75 Å². The minimum Gasteiger partial charge on any atom is -0.496 e. The molecule has 0 aromatic heterocycles. The van der Waals surface area contributed by atoms with E-state index >= 15 is 0 Å². The molecule has 21 heavy (non-hydrogen) atoms. The first-order chi connectivity index (χ1) is 9.86. The molecule has 0 heterocycles. The number of hydrogen-bond acceptors (Lipinski definition) is 2. The van der Waals surface area contributed by atoms with E-state index in [0.29, 0.717) is 11.3 Å². The van der Waals surface area contributed by atoms with Crippen molar-refractivity contribution in [3.63, 3.8) is 0 Å². The molecule has 0 aliphatic carbocycles. The number of aryl methyl sites for hydroxylation is 2. The first-order valence-electron chi connectivity index (χ1n) is 6.41. The number of methoxy groups -OCH3 is 1. The minimum atomic E-state index is -1.51. The van der Waals surface area contributed by atoms with Gasteiger partial charge in [-0.15, -0.1) is 0 Å².